The summed E-state index contributed by atoms with van der Waals surface area (Å²) in [5.41, 5.74) is 5.55. The van der Waals surface area contributed by atoms with Crippen LogP contribution < -0.4 is 31.4 Å². The minimum Gasteiger partial charge on any atom is -0.495 e. The molecule has 2 aromatic carbocycles. The zero-order valence-corrected chi connectivity index (χ0v) is 19.7. The Balaban J connectivity index is 1.90. The molecule has 0 unspecified atom stereocenters. The normalized spacial score (nSPS) is 11.1. The predicted octanol–water partition coefficient (Wildman–Crippen LogP) is 3.90. The third kappa shape index (κ3) is 6.71. The Hall–Kier alpha value is -4.08. The lowest BCUT2D eigenvalue weighted by atomic mass is 10.1. The number of nitrogens with zero attached hydrogens (tertiary/aromatic N) is 3. The summed E-state index contributed by atoms with van der Waals surface area (Å²) in [5.74, 6) is 7.93. The summed E-state index contributed by atoms with van der Waals surface area (Å²) in [6.45, 7) is 5.30. The number of methoxy groups -OCH3 is 1. The van der Waals surface area contributed by atoms with Gasteiger partial charge in [-0.25, -0.2) is 4.98 Å². The van der Waals surface area contributed by atoms with Crippen molar-refractivity contribution in [3.05, 3.63) is 79.1 Å². The maximum absolute atomic E-state index is 5.83. The molecule has 0 amide bonds. The Morgan fingerprint density at radius 1 is 1.15 bits per heavy atom. The van der Waals surface area contributed by atoms with Gasteiger partial charge < -0.3 is 30.4 Å². The van der Waals surface area contributed by atoms with Gasteiger partial charge in [-0.2, -0.15) is 4.98 Å². The number of nitrogens with one attached hydrogen (secondary N) is 3. The van der Waals surface area contributed by atoms with Crippen LogP contribution in [0.4, 0.5) is 23.1 Å². The highest BCUT2D eigenvalue weighted by atomic mass is 16.5. The number of hydrazine groups is 1. The molecule has 3 aromatic rings. The van der Waals surface area contributed by atoms with E-state index < -0.39 is 0 Å². The first kappa shape index (κ1) is 24.6. The first-order chi connectivity index (χ1) is 16.5. The predicted molar refractivity (Wildman–Crippen MR) is 138 cm³/mol. The summed E-state index contributed by atoms with van der Waals surface area (Å²) >= 11 is 0. The fourth-order valence-corrected chi connectivity index (χ4v) is 3.10. The maximum Gasteiger partial charge on any atom is 0.229 e. The molecule has 3 rings (SSSR count). The Morgan fingerprint density at radius 3 is 2.71 bits per heavy atom. The number of hydrogen-bond acceptors (Lipinski definition) is 9. The average Bonchev–Trinajstić information content (AvgIpc) is 2.83. The van der Waals surface area contributed by atoms with Crippen LogP contribution in [0.3, 0.4) is 0 Å². The molecule has 0 aliphatic rings. The van der Waals surface area contributed by atoms with Crippen molar-refractivity contribution in [3.8, 4) is 11.5 Å². The number of ether oxygens (including phenoxy) is 2. The van der Waals surface area contributed by atoms with Gasteiger partial charge >= 0.3 is 0 Å². The van der Waals surface area contributed by atoms with Crippen molar-refractivity contribution in [1.29, 1.82) is 0 Å². The second kappa shape index (κ2) is 12.2. The van der Waals surface area contributed by atoms with Crippen molar-refractivity contribution in [2.24, 2.45) is 5.84 Å². The van der Waals surface area contributed by atoms with E-state index in [1.165, 1.54) is 0 Å². The minimum absolute atomic E-state index is 0.413. The van der Waals surface area contributed by atoms with E-state index in [0.717, 1.165) is 29.2 Å². The molecule has 0 fully saturated rings. The van der Waals surface area contributed by atoms with E-state index in [1.54, 1.807) is 25.6 Å². The molecule has 9 nitrogen and oxygen atoms in total. The largest absolute Gasteiger partial charge is 0.495 e. The number of likely N-dealkylation sites (N-methyl/N-ethyl adjacent to an activating group) is 1. The molecular weight excluding hydrogens is 430 g/mol. The van der Waals surface area contributed by atoms with E-state index in [1.807, 2.05) is 62.6 Å². The van der Waals surface area contributed by atoms with E-state index in [0.29, 0.717) is 29.7 Å². The Labute approximate surface area is 200 Å². The number of hydrogen-bond donors (Lipinski definition) is 4. The van der Waals surface area contributed by atoms with Crippen LogP contribution in [0.5, 0.6) is 11.5 Å². The lowest BCUT2D eigenvalue weighted by Crippen LogP contribution is -2.19. The fourth-order valence-electron chi connectivity index (χ4n) is 3.10. The standard InChI is InChI=1S/C25H31N7O2/c1-5-18(16-28-26)21-17-27-25(31-24(21)30-22-11-6-7-12-23(22)33-4)29-19-9-8-10-20(15-19)34-14-13-32(2)3/h5-12,15-17,28H,1,13-14,26H2,2-4H3,(H2,27,29,30,31)/b18-16+. The van der Waals surface area contributed by atoms with Crippen molar-refractivity contribution < 1.29 is 9.47 Å². The summed E-state index contributed by atoms with van der Waals surface area (Å²) in [6, 6.07) is 15.3. The molecule has 0 aliphatic heterocycles. The molecule has 0 saturated carbocycles. The van der Waals surface area contributed by atoms with Crippen LogP contribution in [0, 0.1) is 0 Å². The third-order valence-electron chi connectivity index (χ3n) is 4.82. The molecule has 0 spiro atoms. The van der Waals surface area contributed by atoms with Gasteiger partial charge in [0.1, 0.15) is 23.9 Å². The van der Waals surface area contributed by atoms with Crippen molar-refractivity contribution in [2.75, 3.05) is 45.0 Å². The van der Waals surface area contributed by atoms with Crippen molar-refractivity contribution in [1.82, 2.24) is 20.3 Å². The van der Waals surface area contributed by atoms with E-state index in [2.05, 4.69) is 32.5 Å². The van der Waals surface area contributed by atoms with Crippen LogP contribution in [0.1, 0.15) is 5.56 Å². The van der Waals surface area contributed by atoms with Gasteiger partial charge in [0.2, 0.25) is 5.95 Å². The van der Waals surface area contributed by atoms with Crippen LogP contribution in [-0.4, -0.2) is 49.2 Å². The lowest BCUT2D eigenvalue weighted by molar-refractivity contribution is 0.261. The summed E-state index contributed by atoms with van der Waals surface area (Å²) in [5, 5.41) is 6.58. The second-order valence-electron chi connectivity index (χ2n) is 7.56. The molecular formula is C25H31N7O2. The average molecular weight is 462 g/mol. The van der Waals surface area contributed by atoms with Gasteiger partial charge in [0.25, 0.3) is 0 Å². The number of nitrogens with two attached hydrogens (primary N) is 1. The zero-order valence-electron chi connectivity index (χ0n) is 19.7. The van der Waals surface area contributed by atoms with E-state index in [4.69, 9.17) is 20.3 Å². The topological polar surface area (TPSA) is 110 Å². The summed E-state index contributed by atoms with van der Waals surface area (Å²) in [7, 11) is 5.64. The van der Waals surface area contributed by atoms with Crippen LogP contribution >= 0.6 is 0 Å². The van der Waals surface area contributed by atoms with Gasteiger partial charge in [-0.15, -0.1) is 0 Å². The number of benzene rings is 2. The number of anilines is 4. The number of aromatic nitrogens is 2. The fraction of sp³-hybridized carbons (Fsp3) is 0.200. The first-order valence-electron chi connectivity index (χ1n) is 10.7. The molecule has 1 heterocycles. The minimum atomic E-state index is 0.413. The summed E-state index contributed by atoms with van der Waals surface area (Å²) in [6.07, 6.45) is 5.00. The van der Waals surface area contributed by atoms with Crippen molar-refractivity contribution in [3.63, 3.8) is 0 Å². The SMILES string of the molecule is C=C/C(=C\NN)c1cnc(Nc2cccc(OCCN(C)C)c2)nc1Nc1ccccc1OC. The molecule has 5 N–H and O–H groups in total. The van der Waals surface area contributed by atoms with Crippen molar-refractivity contribution in [2.45, 2.75) is 0 Å². The van der Waals surface area contributed by atoms with Gasteiger partial charge in [-0.05, 0) is 38.4 Å². The van der Waals surface area contributed by atoms with E-state index >= 15 is 0 Å². The maximum atomic E-state index is 5.83. The zero-order chi connectivity index (χ0) is 24.3. The second-order valence-corrected chi connectivity index (χ2v) is 7.56. The molecule has 0 aliphatic carbocycles. The Bertz CT molecular complexity index is 1130. The van der Waals surface area contributed by atoms with Crippen LogP contribution in [-0.2, 0) is 0 Å². The quantitative estimate of drug-likeness (QED) is 0.181. The molecule has 0 bridgehead atoms. The monoisotopic (exact) mass is 461 g/mol. The van der Waals surface area contributed by atoms with E-state index in [-0.39, 0.29) is 0 Å². The van der Waals surface area contributed by atoms with Gasteiger partial charge in [0.05, 0.1) is 12.8 Å². The Kier molecular flexibility index (Phi) is 8.84. The molecule has 0 atom stereocenters. The van der Waals surface area contributed by atoms with Crippen molar-refractivity contribution >= 4 is 28.7 Å². The van der Waals surface area contributed by atoms with Crippen LogP contribution in [0.25, 0.3) is 5.57 Å². The molecule has 1 aromatic heterocycles. The molecule has 178 valence electrons. The highest BCUT2D eigenvalue weighted by Crippen LogP contribution is 2.31. The third-order valence-corrected chi connectivity index (χ3v) is 4.82. The Morgan fingerprint density at radius 2 is 1.97 bits per heavy atom. The van der Waals surface area contributed by atoms with Crippen LogP contribution in [0.2, 0.25) is 0 Å². The number of allylic oxidation sites excluding steroid dienone is 2. The van der Waals surface area contributed by atoms with E-state index in [9.17, 15) is 0 Å². The van der Waals surface area contributed by atoms with Gasteiger partial charge in [-0.1, -0.05) is 30.9 Å². The molecule has 0 saturated heterocycles. The summed E-state index contributed by atoms with van der Waals surface area (Å²) < 4.78 is 11.3. The molecule has 34 heavy (non-hydrogen) atoms. The lowest BCUT2D eigenvalue weighted by Gasteiger charge is -2.16. The first-order valence-corrected chi connectivity index (χ1v) is 10.7. The molecule has 9 heteroatoms. The highest BCUT2D eigenvalue weighted by Gasteiger charge is 2.13. The van der Waals surface area contributed by atoms with Gasteiger partial charge in [-0.3, -0.25) is 5.84 Å². The van der Waals surface area contributed by atoms with Gasteiger partial charge in [0.15, 0.2) is 0 Å². The smallest absolute Gasteiger partial charge is 0.229 e. The van der Waals surface area contributed by atoms with Crippen LogP contribution in [0.15, 0.2) is 73.6 Å². The number of para-hydroxylation sites is 2. The summed E-state index contributed by atoms with van der Waals surface area (Å²) in [4.78, 5) is 11.3. The van der Waals surface area contributed by atoms with Gasteiger partial charge in [0, 0.05) is 41.8 Å². The molecule has 0 radical (unpaired) electrons. The highest BCUT2D eigenvalue weighted by molar-refractivity contribution is 5.82. The number of rotatable bonds is 12.